The number of aryl methyl sites for hydroxylation is 1. The van der Waals surface area contributed by atoms with Gasteiger partial charge in [-0.25, -0.2) is 4.98 Å². The number of aromatic nitrogens is 1. The number of hydrogen-bond acceptors (Lipinski definition) is 9. The number of nitrogens with zero attached hydrogens (tertiary/aromatic N) is 1. The molecule has 0 aliphatic carbocycles. The Morgan fingerprint density at radius 2 is 1.42 bits per heavy atom. The van der Waals surface area contributed by atoms with Crippen molar-refractivity contribution < 1.29 is 27.2 Å². The number of rotatable bonds is 12. The molecule has 1 rings (SSSR count). The van der Waals surface area contributed by atoms with Gasteiger partial charge in [-0.2, -0.15) is 0 Å². The molecule has 0 saturated carbocycles. The van der Waals surface area contributed by atoms with Crippen LogP contribution in [0.5, 0.6) is 0 Å². The summed E-state index contributed by atoms with van der Waals surface area (Å²) in [7, 11) is -7.65. The maximum Gasteiger partial charge on any atom is 0.365 e. The molecule has 0 aliphatic rings. The Morgan fingerprint density at radius 1 is 1.00 bits per heavy atom. The van der Waals surface area contributed by atoms with Crippen LogP contribution in [0.3, 0.4) is 0 Å². The molecule has 1 N–H and O–H groups in total. The van der Waals surface area contributed by atoms with Crippen molar-refractivity contribution in [2.45, 2.75) is 40.1 Å². The molecular weight excluding hydrogens is 374 g/mol. The molecule has 11 heteroatoms. The van der Waals surface area contributed by atoms with Crippen LogP contribution in [-0.2, 0) is 27.2 Å². The molecule has 0 aliphatic heterocycles. The molecule has 0 unspecified atom stereocenters. The van der Waals surface area contributed by atoms with Gasteiger partial charge in [-0.15, -0.1) is 11.3 Å². The third-order valence-electron chi connectivity index (χ3n) is 2.71. The van der Waals surface area contributed by atoms with Crippen LogP contribution in [0, 0.1) is 6.92 Å². The molecule has 0 spiro atoms. The summed E-state index contributed by atoms with van der Waals surface area (Å²) in [6.45, 7) is 9.08. The first-order valence-electron chi connectivity index (χ1n) is 7.81. The Bertz CT molecular complexity index is 547. The summed E-state index contributed by atoms with van der Waals surface area (Å²) in [6, 6.07) is 0. The van der Waals surface area contributed by atoms with E-state index in [0.29, 0.717) is 5.13 Å². The average Bonchev–Trinajstić information content (AvgIpc) is 2.91. The van der Waals surface area contributed by atoms with E-state index in [9.17, 15) is 9.13 Å². The highest BCUT2D eigenvalue weighted by Gasteiger charge is 2.51. The predicted octanol–water partition coefficient (Wildman–Crippen LogP) is 4.68. The lowest BCUT2D eigenvalue weighted by atomic mass is 10.6. The van der Waals surface area contributed by atoms with Crippen molar-refractivity contribution in [1.82, 2.24) is 4.98 Å². The smallest absolute Gasteiger partial charge is 0.338 e. The first-order chi connectivity index (χ1) is 11.3. The topological polar surface area (TPSA) is 96.0 Å². The molecule has 0 radical (unpaired) electrons. The first-order valence-corrected chi connectivity index (χ1v) is 11.9. The Morgan fingerprint density at radius 3 is 1.71 bits per heavy atom. The summed E-state index contributed by atoms with van der Waals surface area (Å²) >= 11 is 1.30. The van der Waals surface area contributed by atoms with Gasteiger partial charge in [0, 0.05) is 5.38 Å². The molecule has 1 aromatic heterocycles. The van der Waals surface area contributed by atoms with E-state index in [4.69, 9.17) is 18.1 Å². The largest absolute Gasteiger partial charge is 0.365 e. The first kappa shape index (κ1) is 21.8. The second kappa shape index (κ2) is 10.0. The van der Waals surface area contributed by atoms with Gasteiger partial charge in [-0.3, -0.25) is 9.13 Å². The Balaban J connectivity index is 3.31. The lowest BCUT2D eigenvalue weighted by Gasteiger charge is -2.31. The normalized spacial score (nSPS) is 12.8. The van der Waals surface area contributed by atoms with E-state index in [1.54, 1.807) is 27.7 Å². The van der Waals surface area contributed by atoms with Gasteiger partial charge in [0.05, 0.1) is 32.1 Å². The van der Waals surface area contributed by atoms with Crippen molar-refractivity contribution >= 4 is 31.7 Å². The van der Waals surface area contributed by atoms with E-state index in [-0.39, 0.29) is 26.4 Å². The average molecular weight is 400 g/mol. The molecule has 140 valence electrons. The van der Waals surface area contributed by atoms with Gasteiger partial charge in [0.15, 0.2) is 5.13 Å². The molecule has 8 nitrogen and oxygen atoms in total. The predicted molar refractivity (Wildman–Crippen MR) is 96.0 cm³/mol. The number of hydrogen-bond donors (Lipinski definition) is 1. The zero-order chi connectivity index (χ0) is 18.2. The SMILES string of the molecule is CCOP(=O)(OCC)C(Nc1nc(C)cs1)P(=O)(OCC)OCC. The Labute approximate surface area is 147 Å². The zero-order valence-electron chi connectivity index (χ0n) is 14.7. The molecule has 0 aromatic carbocycles. The van der Waals surface area contributed by atoms with E-state index in [0.717, 1.165) is 5.69 Å². The highest BCUT2D eigenvalue weighted by Crippen LogP contribution is 2.70. The van der Waals surface area contributed by atoms with E-state index < -0.39 is 20.7 Å². The fourth-order valence-electron chi connectivity index (χ4n) is 1.94. The van der Waals surface area contributed by atoms with E-state index in [2.05, 4.69) is 10.3 Å². The lowest BCUT2D eigenvalue weighted by molar-refractivity contribution is 0.198. The summed E-state index contributed by atoms with van der Waals surface area (Å²) in [5.41, 5.74) is -0.512. The molecule has 0 bridgehead atoms. The van der Waals surface area contributed by atoms with Crippen molar-refractivity contribution in [1.29, 1.82) is 0 Å². The summed E-state index contributed by atoms with van der Waals surface area (Å²) in [6.07, 6.45) is 0. The Hall–Kier alpha value is -0.270. The minimum Gasteiger partial charge on any atom is -0.338 e. The van der Waals surface area contributed by atoms with Crippen LogP contribution in [0.15, 0.2) is 5.38 Å². The molecular formula is C13H26N2O6P2S. The summed E-state index contributed by atoms with van der Waals surface area (Å²) in [4.78, 5) is 4.26. The third-order valence-corrected chi connectivity index (χ3v) is 9.22. The lowest BCUT2D eigenvalue weighted by Crippen LogP contribution is -2.25. The quantitative estimate of drug-likeness (QED) is 0.505. The zero-order valence-corrected chi connectivity index (χ0v) is 17.3. The van der Waals surface area contributed by atoms with Gasteiger partial charge in [-0.05, 0) is 34.6 Å². The molecule has 0 amide bonds. The summed E-state index contributed by atoms with van der Waals surface area (Å²) < 4.78 is 48.0. The minimum absolute atomic E-state index is 0.130. The van der Waals surface area contributed by atoms with Gasteiger partial charge in [0.1, 0.15) is 0 Å². The van der Waals surface area contributed by atoms with E-state index in [1.807, 2.05) is 12.3 Å². The fourth-order valence-corrected chi connectivity index (χ4v) is 7.73. The molecule has 24 heavy (non-hydrogen) atoms. The number of anilines is 1. The van der Waals surface area contributed by atoms with Crippen LogP contribution < -0.4 is 5.32 Å². The monoisotopic (exact) mass is 400 g/mol. The van der Waals surface area contributed by atoms with Crippen LogP contribution in [0.1, 0.15) is 33.4 Å². The van der Waals surface area contributed by atoms with Crippen molar-refractivity contribution in [2.75, 3.05) is 31.7 Å². The van der Waals surface area contributed by atoms with E-state index in [1.165, 1.54) is 11.3 Å². The second-order valence-corrected chi connectivity index (χ2v) is 10.1. The summed E-state index contributed by atoms with van der Waals surface area (Å²) in [5.74, 6) is 0. The highest BCUT2D eigenvalue weighted by atomic mass is 32.1. The molecule has 0 atom stereocenters. The van der Waals surface area contributed by atoms with Crippen molar-refractivity contribution in [2.24, 2.45) is 0 Å². The Kier molecular flexibility index (Phi) is 9.09. The van der Waals surface area contributed by atoms with Gasteiger partial charge in [0.2, 0.25) is 5.52 Å². The molecule has 1 aromatic rings. The van der Waals surface area contributed by atoms with Crippen LogP contribution in [0.2, 0.25) is 0 Å². The summed E-state index contributed by atoms with van der Waals surface area (Å²) in [5, 5.41) is 5.16. The van der Waals surface area contributed by atoms with Crippen molar-refractivity contribution in [3.8, 4) is 0 Å². The van der Waals surface area contributed by atoms with Gasteiger partial charge in [0.25, 0.3) is 0 Å². The van der Waals surface area contributed by atoms with Crippen molar-refractivity contribution in [3.63, 3.8) is 0 Å². The van der Waals surface area contributed by atoms with Crippen LogP contribution in [-0.4, -0.2) is 36.9 Å². The maximum atomic E-state index is 13.3. The minimum atomic E-state index is -3.82. The highest BCUT2D eigenvalue weighted by molar-refractivity contribution is 7.73. The maximum absolute atomic E-state index is 13.3. The standard InChI is InChI=1S/C13H26N2O6P2S/c1-6-18-22(16,19-7-2)13(15-12-14-11(5)10-24-12)23(17,20-8-3)21-9-4/h10,13H,6-9H2,1-5H3,(H,14,15). The van der Waals surface area contributed by atoms with Gasteiger partial charge < -0.3 is 23.4 Å². The van der Waals surface area contributed by atoms with Gasteiger partial charge >= 0.3 is 15.2 Å². The third kappa shape index (κ3) is 5.63. The number of nitrogens with one attached hydrogen (secondary N) is 1. The van der Waals surface area contributed by atoms with Crippen LogP contribution in [0.25, 0.3) is 0 Å². The molecule has 0 fully saturated rings. The van der Waals surface area contributed by atoms with Crippen LogP contribution >= 0.6 is 26.5 Å². The molecule has 1 heterocycles. The second-order valence-electron chi connectivity index (χ2n) is 4.56. The number of thiazole rings is 1. The van der Waals surface area contributed by atoms with E-state index >= 15 is 0 Å². The van der Waals surface area contributed by atoms with Crippen molar-refractivity contribution in [3.05, 3.63) is 11.1 Å². The molecule has 0 saturated heterocycles. The van der Waals surface area contributed by atoms with Crippen LogP contribution in [0.4, 0.5) is 5.13 Å². The fraction of sp³-hybridized carbons (Fsp3) is 0.769. The van der Waals surface area contributed by atoms with Gasteiger partial charge in [-0.1, -0.05) is 0 Å².